The Morgan fingerprint density at radius 3 is 1.96 bits per heavy atom. The van der Waals surface area contributed by atoms with E-state index in [0.29, 0.717) is 11.1 Å². The number of amides is 2. The summed E-state index contributed by atoms with van der Waals surface area (Å²) >= 11 is 5.63. The van der Waals surface area contributed by atoms with E-state index in [1.54, 1.807) is 41.9 Å². The van der Waals surface area contributed by atoms with Crippen molar-refractivity contribution in [2.75, 3.05) is 0 Å². The summed E-state index contributed by atoms with van der Waals surface area (Å²) in [6, 6.07) is 18.1. The van der Waals surface area contributed by atoms with Gasteiger partial charge in [-0.2, -0.15) is 0 Å². The highest BCUT2D eigenvalue weighted by Gasteiger charge is 2.25. The van der Waals surface area contributed by atoms with Crippen molar-refractivity contribution in [1.29, 1.82) is 0 Å². The number of carbonyl (C=O) groups excluding carboxylic acids is 2. The summed E-state index contributed by atoms with van der Waals surface area (Å²) in [5.74, 6) is -0.761. The molecule has 0 bridgehead atoms. The second-order valence-electron chi connectivity index (χ2n) is 6.18. The van der Waals surface area contributed by atoms with E-state index in [9.17, 15) is 9.59 Å². The van der Waals surface area contributed by atoms with Gasteiger partial charge in [0.15, 0.2) is 0 Å². The predicted octanol–water partition coefficient (Wildman–Crippen LogP) is 4.76. The number of hydrogen-bond donors (Lipinski definition) is 3. The van der Waals surface area contributed by atoms with E-state index in [0.717, 1.165) is 20.8 Å². The quantitative estimate of drug-likeness (QED) is 0.147. The van der Waals surface area contributed by atoms with Crippen LogP contribution in [0.15, 0.2) is 65.1 Å². The molecule has 0 aliphatic rings. The number of hydroxylamine groups is 1. The first-order valence-corrected chi connectivity index (χ1v) is 9.93. The fraction of sp³-hybridized carbons (Fsp3) is 0.100. The molecule has 2 amide bonds. The smallest absolute Gasteiger partial charge is 0.274 e. The molecular weight excluding hydrogens is 523 g/mol. The van der Waals surface area contributed by atoms with E-state index in [1.165, 1.54) is 0 Å². The van der Waals surface area contributed by atoms with Crippen LogP contribution >= 0.6 is 38.5 Å². The largest absolute Gasteiger partial charge is 0.334 e. The number of carbonyl (C=O) groups is 2. The van der Waals surface area contributed by atoms with Crippen LogP contribution in [0.5, 0.6) is 0 Å². The Labute approximate surface area is 178 Å². The molecule has 0 radical (unpaired) electrons. The van der Waals surface area contributed by atoms with Gasteiger partial charge in [0.2, 0.25) is 0 Å². The summed E-state index contributed by atoms with van der Waals surface area (Å²) in [4.78, 5) is 24.3. The molecule has 0 aliphatic heterocycles. The highest BCUT2D eigenvalue weighted by atomic mass is 127. The molecule has 0 heterocycles. The molecule has 0 saturated heterocycles. The van der Waals surface area contributed by atoms with Crippen LogP contribution in [0.3, 0.4) is 0 Å². The van der Waals surface area contributed by atoms with E-state index in [-0.39, 0.29) is 5.91 Å². The van der Waals surface area contributed by atoms with Gasteiger partial charge in [-0.15, -0.1) is 0 Å². The van der Waals surface area contributed by atoms with Gasteiger partial charge in [0.05, 0.1) is 0 Å². The lowest BCUT2D eigenvalue weighted by atomic mass is 10.0. The number of halogens is 2. The van der Waals surface area contributed by atoms with Gasteiger partial charge in [-0.3, -0.25) is 14.8 Å². The van der Waals surface area contributed by atoms with Crippen molar-refractivity contribution in [2.45, 2.75) is 10.5 Å². The molecule has 0 fully saturated rings. The molecular formula is C20H16BrIN2O3. The molecule has 5 nitrogen and oxygen atoms in total. The van der Waals surface area contributed by atoms with Gasteiger partial charge in [0.1, 0.15) is 3.55 Å². The van der Waals surface area contributed by atoms with Crippen molar-refractivity contribution in [2.24, 2.45) is 0 Å². The Hall–Kier alpha value is -1.97. The maximum absolute atomic E-state index is 12.7. The fourth-order valence-corrected chi connectivity index (χ4v) is 3.58. The minimum atomic E-state index is -0.575. The van der Waals surface area contributed by atoms with Crippen LogP contribution in [0.25, 0.3) is 10.8 Å². The lowest BCUT2D eigenvalue weighted by Gasteiger charge is -2.25. The second kappa shape index (κ2) is 7.95. The van der Waals surface area contributed by atoms with Gasteiger partial charge in [0, 0.05) is 15.6 Å². The van der Waals surface area contributed by atoms with E-state index in [4.69, 9.17) is 5.21 Å². The van der Waals surface area contributed by atoms with Gasteiger partial charge in [-0.05, 0) is 82.2 Å². The minimum absolute atomic E-state index is 0.186. The molecule has 3 N–H and O–H groups in total. The molecule has 3 aromatic rings. The number of nitrogens with one attached hydrogen (secondary N) is 2. The van der Waals surface area contributed by atoms with E-state index in [1.807, 2.05) is 31.2 Å². The van der Waals surface area contributed by atoms with Gasteiger partial charge in [-0.25, -0.2) is 5.48 Å². The van der Waals surface area contributed by atoms with Crippen LogP contribution in [0.2, 0.25) is 0 Å². The van der Waals surface area contributed by atoms with Crippen molar-refractivity contribution < 1.29 is 14.8 Å². The van der Waals surface area contributed by atoms with Crippen LogP contribution in [0.4, 0.5) is 0 Å². The molecule has 0 aliphatic carbocycles. The third-order valence-electron chi connectivity index (χ3n) is 4.20. The molecule has 1 atom stereocenters. The fourth-order valence-electron chi connectivity index (χ4n) is 2.71. The van der Waals surface area contributed by atoms with Crippen LogP contribution in [-0.4, -0.2) is 17.0 Å². The SMILES string of the molecule is CC(I)(NC(=O)c1ccc2cc(C(=O)NO)ccc2c1)c1ccc(Br)cc1. The Morgan fingerprint density at radius 1 is 0.926 bits per heavy atom. The molecule has 0 spiro atoms. The third-order valence-corrected chi connectivity index (χ3v) is 5.62. The Kier molecular flexibility index (Phi) is 5.83. The highest BCUT2D eigenvalue weighted by molar-refractivity contribution is 14.1. The zero-order valence-corrected chi connectivity index (χ0v) is 18.0. The summed E-state index contributed by atoms with van der Waals surface area (Å²) in [7, 11) is 0. The third kappa shape index (κ3) is 4.48. The Balaban J connectivity index is 1.84. The lowest BCUT2D eigenvalue weighted by molar-refractivity contribution is 0.0706. The predicted molar refractivity (Wildman–Crippen MR) is 116 cm³/mol. The first kappa shape index (κ1) is 19.8. The van der Waals surface area contributed by atoms with Crippen LogP contribution in [0.1, 0.15) is 33.2 Å². The summed E-state index contributed by atoms with van der Waals surface area (Å²) in [6.45, 7) is 1.94. The molecule has 27 heavy (non-hydrogen) atoms. The molecule has 0 saturated carbocycles. The maximum atomic E-state index is 12.7. The van der Waals surface area contributed by atoms with Crippen LogP contribution in [-0.2, 0) is 3.55 Å². The summed E-state index contributed by atoms with van der Waals surface area (Å²) in [6.07, 6.45) is 0. The number of alkyl halides is 1. The first-order chi connectivity index (χ1) is 12.8. The summed E-state index contributed by atoms with van der Waals surface area (Å²) in [5.41, 5.74) is 3.47. The van der Waals surface area contributed by atoms with Gasteiger partial charge in [0.25, 0.3) is 11.8 Å². The maximum Gasteiger partial charge on any atom is 0.274 e. The summed E-state index contributed by atoms with van der Waals surface area (Å²) < 4.78 is 0.418. The van der Waals surface area contributed by atoms with Crippen molar-refractivity contribution in [3.8, 4) is 0 Å². The normalized spacial score (nSPS) is 13.0. The number of hydrogen-bond acceptors (Lipinski definition) is 3. The molecule has 0 aromatic heterocycles. The van der Waals surface area contributed by atoms with Crippen molar-refractivity contribution >= 4 is 61.1 Å². The van der Waals surface area contributed by atoms with Gasteiger partial charge < -0.3 is 5.32 Å². The van der Waals surface area contributed by atoms with Gasteiger partial charge in [-0.1, -0.05) is 40.2 Å². The highest BCUT2D eigenvalue weighted by Crippen LogP contribution is 2.30. The van der Waals surface area contributed by atoms with E-state index >= 15 is 0 Å². The Morgan fingerprint density at radius 2 is 1.44 bits per heavy atom. The monoisotopic (exact) mass is 538 g/mol. The first-order valence-electron chi connectivity index (χ1n) is 8.06. The topological polar surface area (TPSA) is 78.4 Å². The molecule has 1 unspecified atom stereocenters. The minimum Gasteiger partial charge on any atom is -0.334 e. The molecule has 7 heteroatoms. The number of rotatable bonds is 4. The molecule has 3 aromatic carbocycles. The summed E-state index contributed by atoms with van der Waals surface area (Å²) in [5, 5.41) is 13.4. The van der Waals surface area contributed by atoms with Crippen LogP contribution in [0, 0.1) is 0 Å². The zero-order valence-electron chi connectivity index (χ0n) is 14.3. The lowest BCUT2D eigenvalue weighted by Crippen LogP contribution is -2.38. The Bertz CT molecular complexity index is 1020. The van der Waals surface area contributed by atoms with Crippen molar-refractivity contribution in [3.63, 3.8) is 0 Å². The van der Waals surface area contributed by atoms with E-state index < -0.39 is 9.45 Å². The number of benzene rings is 3. The molecule has 138 valence electrons. The average Bonchev–Trinajstić information content (AvgIpc) is 2.66. The van der Waals surface area contributed by atoms with E-state index in [2.05, 4.69) is 43.8 Å². The average molecular weight is 539 g/mol. The van der Waals surface area contributed by atoms with Crippen molar-refractivity contribution in [3.05, 3.63) is 81.8 Å². The van der Waals surface area contributed by atoms with Crippen molar-refractivity contribution in [1.82, 2.24) is 10.8 Å². The zero-order chi connectivity index (χ0) is 19.6. The van der Waals surface area contributed by atoms with Gasteiger partial charge >= 0.3 is 0 Å². The standard InChI is InChI=1S/C20H16BrIN2O3/c1-20(22,16-6-8-17(21)9-7-16)23-18(25)14-4-2-13-11-15(19(26)24-27)5-3-12(13)10-14/h2-11,27H,1H3,(H,23,25)(H,24,26). The number of fused-ring (bicyclic) bond motifs is 1. The second-order valence-corrected chi connectivity index (χ2v) is 9.25. The van der Waals surface area contributed by atoms with Crippen LogP contribution < -0.4 is 10.8 Å². The molecule has 3 rings (SSSR count).